The third kappa shape index (κ3) is 4.22. The molecule has 0 bridgehead atoms. The molecule has 0 radical (unpaired) electrons. The van der Waals surface area contributed by atoms with Crippen molar-refractivity contribution in [1.29, 1.82) is 0 Å². The second-order valence-electron chi connectivity index (χ2n) is 5.15. The van der Waals surface area contributed by atoms with Gasteiger partial charge in [-0.25, -0.2) is 0 Å². The fourth-order valence-electron chi connectivity index (χ4n) is 2.40. The Morgan fingerprint density at radius 3 is 2.71 bits per heavy atom. The van der Waals surface area contributed by atoms with Crippen LogP contribution in [-0.4, -0.2) is 32.6 Å². The fraction of sp³-hybridized carbons (Fsp3) is 0.571. The molecule has 116 valence electrons. The highest BCUT2D eigenvalue weighted by molar-refractivity contribution is 6.77. The number of alkyl halides is 3. The van der Waals surface area contributed by atoms with Gasteiger partial charge in [0.25, 0.3) is 3.79 Å². The highest BCUT2D eigenvalue weighted by atomic mass is 35.6. The van der Waals surface area contributed by atoms with Gasteiger partial charge in [0.1, 0.15) is 0 Å². The Balaban J connectivity index is 2.03. The van der Waals surface area contributed by atoms with Crippen molar-refractivity contribution in [2.24, 2.45) is 7.05 Å². The zero-order valence-corrected chi connectivity index (χ0v) is 13.8. The van der Waals surface area contributed by atoms with Crippen molar-refractivity contribution in [2.75, 3.05) is 6.61 Å². The third-order valence-electron chi connectivity index (χ3n) is 3.53. The van der Waals surface area contributed by atoms with E-state index in [4.69, 9.17) is 39.5 Å². The lowest BCUT2D eigenvalue weighted by Gasteiger charge is -2.09. The zero-order valence-electron chi connectivity index (χ0n) is 11.6. The van der Waals surface area contributed by atoms with Crippen molar-refractivity contribution in [3.05, 3.63) is 23.5 Å². The number of ketones is 2. The van der Waals surface area contributed by atoms with Crippen molar-refractivity contribution in [3.63, 3.8) is 0 Å². The molecule has 0 aromatic carbocycles. The number of ether oxygens (including phenoxy) is 1. The van der Waals surface area contributed by atoms with Gasteiger partial charge in [0.05, 0.1) is 11.8 Å². The van der Waals surface area contributed by atoms with Gasteiger partial charge in [0.2, 0.25) is 5.78 Å². The summed E-state index contributed by atoms with van der Waals surface area (Å²) in [5.74, 6) is -0.683. The molecule has 0 saturated carbocycles. The molecule has 1 aliphatic heterocycles. The van der Waals surface area contributed by atoms with Gasteiger partial charge >= 0.3 is 0 Å². The van der Waals surface area contributed by atoms with Gasteiger partial charge in [0, 0.05) is 31.8 Å². The molecular formula is C14H16Cl3NO3. The van der Waals surface area contributed by atoms with Crippen molar-refractivity contribution < 1.29 is 14.3 Å². The molecule has 1 saturated heterocycles. The van der Waals surface area contributed by atoms with E-state index in [1.54, 1.807) is 13.2 Å². The molecule has 0 aliphatic carbocycles. The molecule has 1 aromatic rings. The monoisotopic (exact) mass is 351 g/mol. The lowest BCUT2D eigenvalue weighted by molar-refractivity contribution is 0.0859. The van der Waals surface area contributed by atoms with Crippen molar-refractivity contribution >= 4 is 46.4 Å². The average Bonchev–Trinajstić information content (AvgIpc) is 3.03. The maximum absolute atomic E-state index is 12.2. The number of nitrogens with zero attached hydrogens (tertiary/aromatic N) is 1. The first-order chi connectivity index (χ1) is 9.79. The van der Waals surface area contributed by atoms with Gasteiger partial charge in [0.15, 0.2) is 5.78 Å². The van der Waals surface area contributed by atoms with E-state index in [1.165, 1.54) is 10.6 Å². The zero-order chi connectivity index (χ0) is 15.6. The molecule has 2 heterocycles. The minimum absolute atomic E-state index is 0.0375. The van der Waals surface area contributed by atoms with Crippen LogP contribution in [0.5, 0.6) is 0 Å². The molecule has 1 fully saturated rings. The van der Waals surface area contributed by atoms with Crippen LogP contribution in [0.2, 0.25) is 0 Å². The number of rotatable bonds is 5. The third-order valence-corrected chi connectivity index (χ3v) is 4.05. The van der Waals surface area contributed by atoms with Crippen molar-refractivity contribution in [1.82, 2.24) is 4.57 Å². The van der Waals surface area contributed by atoms with E-state index >= 15 is 0 Å². The highest BCUT2D eigenvalue weighted by Crippen LogP contribution is 2.31. The van der Waals surface area contributed by atoms with Crippen molar-refractivity contribution in [2.45, 2.75) is 35.6 Å². The van der Waals surface area contributed by atoms with E-state index in [2.05, 4.69) is 0 Å². The second-order valence-corrected chi connectivity index (χ2v) is 7.43. The first-order valence-electron chi connectivity index (χ1n) is 6.71. The fourth-order valence-corrected chi connectivity index (χ4v) is 2.69. The number of halogens is 3. The molecule has 1 aromatic heterocycles. The van der Waals surface area contributed by atoms with E-state index in [-0.39, 0.29) is 17.6 Å². The second kappa shape index (κ2) is 6.69. The van der Waals surface area contributed by atoms with Gasteiger partial charge in [-0.2, -0.15) is 0 Å². The Morgan fingerprint density at radius 2 is 2.14 bits per heavy atom. The minimum atomic E-state index is -2.02. The predicted octanol–water partition coefficient (Wildman–Crippen LogP) is 3.72. The Labute approximate surface area is 138 Å². The first kappa shape index (κ1) is 16.8. The minimum Gasteiger partial charge on any atom is -0.378 e. The number of aryl methyl sites for hydroxylation is 1. The van der Waals surface area contributed by atoms with E-state index in [1.807, 2.05) is 0 Å². The number of Topliss-reactive ketones (excluding diaryl/α,β-unsaturated/α-hetero) is 2. The van der Waals surface area contributed by atoms with Crippen LogP contribution in [0.25, 0.3) is 0 Å². The summed E-state index contributed by atoms with van der Waals surface area (Å²) in [6.45, 7) is 0.770. The maximum atomic E-state index is 12.2. The topological polar surface area (TPSA) is 48.3 Å². The molecule has 0 N–H and O–H groups in total. The first-order valence-corrected chi connectivity index (χ1v) is 7.85. The summed E-state index contributed by atoms with van der Waals surface area (Å²) in [6.07, 6.45) is 4.88. The molecule has 1 aliphatic rings. The van der Waals surface area contributed by atoms with Gasteiger partial charge in [-0.1, -0.05) is 34.8 Å². The molecule has 7 heteroatoms. The Hall–Kier alpha value is -0.550. The van der Waals surface area contributed by atoms with Gasteiger partial charge in [-0.15, -0.1) is 0 Å². The number of carbonyl (C=O) groups excluding carboxylic acids is 2. The average molecular weight is 353 g/mol. The molecule has 21 heavy (non-hydrogen) atoms. The molecule has 0 amide bonds. The lowest BCUT2D eigenvalue weighted by Crippen LogP contribution is -2.21. The van der Waals surface area contributed by atoms with E-state index in [0.29, 0.717) is 18.4 Å². The summed E-state index contributed by atoms with van der Waals surface area (Å²) >= 11 is 16.8. The van der Waals surface area contributed by atoms with E-state index < -0.39 is 9.58 Å². The number of carbonyl (C=O) groups is 2. The number of aromatic nitrogens is 1. The molecule has 4 nitrogen and oxygen atoms in total. The Bertz CT molecular complexity index is 542. The summed E-state index contributed by atoms with van der Waals surface area (Å²) in [5, 5.41) is 0. The Kier molecular flexibility index (Phi) is 5.36. The van der Waals surface area contributed by atoms with Crippen LogP contribution in [0.4, 0.5) is 0 Å². The van der Waals surface area contributed by atoms with Crippen molar-refractivity contribution in [3.8, 4) is 0 Å². The number of hydrogen-bond donors (Lipinski definition) is 0. The maximum Gasteiger partial charge on any atom is 0.255 e. The van der Waals surface area contributed by atoms with Crippen LogP contribution in [0.15, 0.2) is 12.3 Å². The van der Waals surface area contributed by atoms with Crippen LogP contribution >= 0.6 is 34.8 Å². The Morgan fingerprint density at radius 1 is 1.43 bits per heavy atom. The van der Waals surface area contributed by atoms with Crippen LogP contribution in [0.3, 0.4) is 0 Å². The van der Waals surface area contributed by atoms with E-state index in [0.717, 1.165) is 19.4 Å². The molecule has 2 rings (SSSR count). The largest absolute Gasteiger partial charge is 0.378 e. The summed E-state index contributed by atoms with van der Waals surface area (Å²) in [5.41, 5.74) is 0.656. The van der Waals surface area contributed by atoms with Gasteiger partial charge in [-0.3, -0.25) is 9.59 Å². The quantitative estimate of drug-likeness (QED) is 0.599. The van der Waals surface area contributed by atoms with Gasteiger partial charge in [-0.05, 0) is 25.3 Å². The summed E-state index contributed by atoms with van der Waals surface area (Å²) in [6, 6.07) is 1.47. The molecular weight excluding hydrogens is 337 g/mol. The predicted molar refractivity (Wildman–Crippen MR) is 82.6 cm³/mol. The van der Waals surface area contributed by atoms with Crippen LogP contribution in [0.1, 0.15) is 46.5 Å². The lowest BCUT2D eigenvalue weighted by atomic mass is 10.1. The number of hydrogen-bond acceptors (Lipinski definition) is 3. The summed E-state index contributed by atoms with van der Waals surface area (Å²) in [4.78, 5) is 24.1. The summed E-state index contributed by atoms with van der Waals surface area (Å²) in [7, 11) is 1.64. The normalized spacial score (nSPS) is 19.0. The standard InChI is InChI=1S/C14H16Cl3NO3/c1-18-8-9(7-11(18)13(20)14(15,16)17)12(19)5-4-10-3-2-6-21-10/h7-8,10H,2-6H2,1H3. The van der Waals surface area contributed by atoms with Crippen LogP contribution < -0.4 is 0 Å². The molecule has 1 atom stereocenters. The van der Waals surface area contributed by atoms with Gasteiger partial charge < -0.3 is 9.30 Å². The van der Waals surface area contributed by atoms with Crippen LogP contribution in [-0.2, 0) is 11.8 Å². The SMILES string of the molecule is Cn1cc(C(=O)CCC2CCCO2)cc1C(=O)C(Cl)(Cl)Cl. The van der Waals surface area contributed by atoms with Crippen LogP contribution in [0, 0.1) is 0 Å². The smallest absolute Gasteiger partial charge is 0.255 e. The molecule has 0 spiro atoms. The summed E-state index contributed by atoms with van der Waals surface area (Å²) < 4.78 is 4.97. The van der Waals surface area contributed by atoms with E-state index in [9.17, 15) is 9.59 Å². The molecule has 1 unspecified atom stereocenters. The highest BCUT2D eigenvalue weighted by Gasteiger charge is 2.34.